The van der Waals surface area contributed by atoms with Crippen molar-refractivity contribution in [1.82, 2.24) is 5.32 Å². The van der Waals surface area contributed by atoms with Gasteiger partial charge in [-0.15, -0.1) is 0 Å². The number of nitro benzene ring substituents is 1. The molecule has 20 heavy (non-hydrogen) atoms. The van der Waals surface area contributed by atoms with Crippen LogP contribution in [0.1, 0.15) is 32.8 Å². The Morgan fingerprint density at radius 3 is 2.55 bits per heavy atom. The number of anilines is 1. The van der Waals surface area contributed by atoms with E-state index in [2.05, 4.69) is 10.6 Å². The molecule has 0 aromatic heterocycles. The first-order chi connectivity index (χ1) is 9.20. The van der Waals surface area contributed by atoms with Crippen LogP contribution >= 0.6 is 0 Å². The summed E-state index contributed by atoms with van der Waals surface area (Å²) >= 11 is 0. The van der Waals surface area contributed by atoms with Crippen molar-refractivity contribution in [1.29, 1.82) is 0 Å². The number of carbonyl (C=O) groups excluding carboxylic acids is 1. The summed E-state index contributed by atoms with van der Waals surface area (Å²) in [4.78, 5) is 22.2. The zero-order valence-electron chi connectivity index (χ0n) is 12.3. The van der Waals surface area contributed by atoms with Crippen LogP contribution in [0.25, 0.3) is 0 Å². The van der Waals surface area contributed by atoms with E-state index in [9.17, 15) is 14.9 Å². The largest absolute Gasteiger partial charge is 0.379 e. The third kappa shape index (κ3) is 4.87. The number of aryl methyl sites for hydroxylation is 1. The molecule has 6 nitrogen and oxygen atoms in total. The lowest BCUT2D eigenvalue weighted by molar-refractivity contribution is -0.384. The molecule has 0 bridgehead atoms. The highest BCUT2D eigenvalue weighted by molar-refractivity contribution is 5.77. The van der Waals surface area contributed by atoms with E-state index in [0.717, 1.165) is 5.56 Å². The minimum Gasteiger partial charge on any atom is -0.379 e. The van der Waals surface area contributed by atoms with Crippen LogP contribution in [0, 0.1) is 17.0 Å². The van der Waals surface area contributed by atoms with Crippen LogP contribution in [0.15, 0.2) is 18.2 Å². The molecule has 0 aliphatic heterocycles. The lowest BCUT2D eigenvalue weighted by atomic mass is 10.1. The van der Waals surface area contributed by atoms with E-state index in [1.807, 2.05) is 20.8 Å². The monoisotopic (exact) mass is 279 g/mol. The summed E-state index contributed by atoms with van der Waals surface area (Å²) in [6.45, 7) is 7.87. The molecule has 0 radical (unpaired) electrons. The fraction of sp³-hybridized carbons (Fsp3) is 0.500. The maximum Gasteiger partial charge on any atom is 0.292 e. The number of amides is 1. The molecule has 1 aromatic carbocycles. The number of benzene rings is 1. The van der Waals surface area contributed by atoms with Crippen molar-refractivity contribution in [2.75, 3.05) is 11.9 Å². The number of hydrogen-bond donors (Lipinski definition) is 2. The molecule has 1 amide bonds. The molecule has 0 fully saturated rings. The standard InChI is InChI=1S/C14H21N3O3/c1-10-6-5-7-11(17(19)20)13(10)15-9-8-12(18)16-14(2,3)4/h5-7,15H,8-9H2,1-4H3,(H,16,18). The highest BCUT2D eigenvalue weighted by Gasteiger charge is 2.16. The van der Waals surface area contributed by atoms with Crippen LogP contribution in [0.2, 0.25) is 0 Å². The molecule has 1 rings (SSSR count). The van der Waals surface area contributed by atoms with E-state index in [0.29, 0.717) is 12.2 Å². The Morgan fingerprint density at radius 2 is 2.00 bits per heavy atom. The van der Waals surface area contributed by atoms with Gasteiger partial charge in [-0.05, 0) is 33.3 Å². The van der Waals surface area contributed by atoms with Crippen molar-refractivity contribution in [2.45, 2.75) is 39.7 Å². The van der Waals surface area contributed by atoms with E-state index in [-0.39, 0.29) is 23.6 Å². The molecule has 1 aromatic rings. The molecular weight excluding hydrogens is 258 g/mol. The van der Waals surface area contributed by atoms with Gasteiger partial charge in [0.1, 0.15) is 5.69 Å². The summed E-state index contributed by atoms with van der Waals surface area (Å²) < 4.78 is 0. The quantitative estimate of drug-likeness (QED) is 0.641. The Balaban J connectivity index is 2.63. The average molecular weight is 279 g/mol. The van der Waals surface area contributed by atoms with E-state index >= 15 is 0 Å². The number of rotatable bonds is 5. The lowest BCUT2D eigenvalue weighted by Crippen LogP contribution is -2.41. The molecule has 0 saturated heterocycles. The van der Waals surface area contributed by atoms with Gasteiger partial charge in [-0.1, -0.05) is 12.1 Å². The zero-order chi connectivity index (χ0) is 15.3. The van der Waals surface area contributed by atoms with Gasteiger partial charge in [0.15, 0.2) is 0 Å². The van der Waals surface area contributed by atoms with E-state index in [1.54, 1.807) is 19.1 Å². The fourth-order valence-electron chi connectivity index (χ4n) is 1.82. The number of para-hydroxylation sites is 1. The second kappa shape index (κ2) is 6.36. The molecule has 110 valence electrons. The van der Waals surface area contributed by atoms with Gasteiger partial charge in [-0.25, -0.2) is 0 Å². The minimum absolute atomic E-state index is 0.0289. The minimum atomic E-state index is -0.426. The summed E-state index contributed by atoms with van der Waals surface area (Å²) in [5.74, 6) is -0.0822. The Bertz CT molecular complexity index is 507. The molecule has 0 unspecified atom stereocenters. The highest BCUT2D eigenvalue weighted by Crippen LogP contribution is 2.27. The molecular formula is C14H21N3O3. The number of nitrogens with one attached hydrogen (secondary N) is 2. The summed E-state index contributed by atoms with van der Waals surface area (Å²) in [5.41, 5.74) is 1.02. The number of nitrogens with zero attached hydrogens (tertiary/aromatic N) is 1. The highest BCUT2D eigenvalue weighted by atomic mass is 16.6. The van der Waals surface area contributed by atoms with Crippen molar-refractivity contribution in [2.24, 2.45) is 0 Å². The van der Waals surface area contributed by atoms with Crippen LogP contribution in [-0.2, 0) is 4.79 Å². The normalized spacial score (nSPS) is 11.0. The Morgan fingerprint density at radius 1 is 1.35 bits per heavy atom. The molecule has 0 spiro atoms. The number of hydrogen-bond acceptors (Lipinski definition) is 4. The van der Waals surface area contributed by atoms with Gasteiger partial charge in [0.05, 0.1) is 4.92 Å². The van der Waals surface area contributed by atoms with Gasteiger partial charge >= 0.3 is 0 Å². The van der Waals surface area contributed by atoms with Gasteiger partial charge in [-0.2, -0.15) is 0 Å². The Labute approximate surface area is 118 Å². The maximum absolute atomic E-state index is 11.7. The molecule has 0 aliphatic rings. The van der Waals surface area contributed by atoms with Crippen LogP contribution in [0.4, 0.5) is 11.4 Å². The summed E-state index contributed by atoms with van der Waals surface area (Å²) in [6, 6.07) is 4.89. The first kappa shape index (κ1) is 15.9. The number of nitro groups is 1. The van der Waals surface area contributed by atoms with Crippen molar-refractivity contribution in [3.8, 4) is 0 Å². The third-order valence-corrected chi connectivity index (χ3v) is 2.62. The van der Waals surface area contributed by atoms with Gasteiger partial charge in [0.2, 0.25) is 5.91 Å². The second-order valence-electron chi connectivity index (χ2n) is 5.70. The third-order valence-electron chi connectivity index (χ3n) is 2.62. The second-order valence-corrected chi connectivity index (χ2v) is 5.70. The van der Waals surface area contributed by atoms with Gasteiger partial charge in [-0.3, -0.25) is 14.9 Å². The van der Waals surface area contributed by atoms with E-state index in [4.69, 9.17) is 0 Å². The Kier molecular flexibility index (Phi) is 5.07. The lowest BCUT2D eigenvalue weighted by Gasteiger charge is -2.20. The predicted molar refractivity (Wildman–Crippen MR) is 78.8 cm³/mol. The van der Waals surface area contributed by atoms with Crippen LogP contribution in [-0.4, -0.2) is 22.9 Å². The van der Waals surface area contributed by atoms with Crippen LogP contribution < -0.4 is 10.6 Å². The molecule has 0 aliphatic carbocycles. The molecule has 0 saturated carbocycles. The molecule has 6 heteroatoms. The summed E-state index contributed by atoms with van der Waals surface area (Å²) in [5, 5.41) is 16.8. The number of carbonyl (C=O) groups is 1. The van der Waals surface area contributed by atoms with Crippen molar-refractivity contribution in [3.05, 3.63) is 33.9 Å². The van der Waals surface area contributed by atoms with Crippen molar-refractivity contribution >= 4 is 17.3 Å². The van der Waals surface area contributed by atoms with Crippen LogP contribution in [0.3, 0.4) is 0 Å². The molecule has 2 N–H and O–H groups in total. The predicted octanol–water partition coefficient (Wildman–Crippen LogP) is 2.62. The smallest absolute Gasteiger partial charge is 0.292 e. The van der Waals surface area contributed by atoms with Crippen molar-refractivity contribution < 1.29 is 9.72 Å². The first-order valence-corrected chi connectivity index (χ1v) is 6.49. The van der Waals surface area contributed by atoms with E-state index < -0.39 is 4.92 Å². The zero-order valence-corrected chi connectivity index (χ0v) is 12.3. The Hall–Kier alpha value is -2.11. The SMILES string of the molecule is Cc1cccc([N+](=O)[O-])c1NCCC(=O)NC(C)(C)C. The molecule has 0 heterocycles. The van der Waals surface area contributed by atoms with E-state index in [1.165, 1.54) is 6.07 Å². The average Bonchev–Trinajstić information content (AvgIpc) is 2.28. The topological polar surface area (TPSA) is 84.3 Å². The summed E-state index contributed by atoms with van der Waals surface area (Å²) in [7, 11) is 0. The van der Waals surface area contributed by atoms with Gasteiger partial charge in [0, 0.05) is 24.6 Å². The maximum atomic E-state index is 11.7. The molecule has 0 atom stereocenters. The fourth-order valence-corrected chi connectivity index (χ4v) is 1.82. The first-order valence-electron chi connectivity index (χ1n) is 6.49. The van der Waals surface area contributed by atoms with Crippen molar-refractivity contribution in [3.63, 3.8) is 0 Å². The van der Waals surface area contributed by atoms with Gasteiger partial charge in [0.25, 0.3) is 5.69 Å². The van der Waals surface area contributed by atoms with Gasteiger partial charge < -0.3 is 10.6 Å². The van der Waals surface area contributed by atoms with Crippen LogP contribution in [0.5, 0.6) is 0 Å². The summed E-state index contributed by atoms with van der Waals surface area (Å²) in [6.07, 6.45) is 0.267.